The van der Waals surface area contributed by atoms with Gasteiger partial charge in [-0.25, -0.2) is 0 Å². The van der Waals surface area contributed by atoms with Crippen molar-refractivity contribution in [2.45, 2.75) is 18.9 Å². The van der Waals surface area contributed by atoms with E-state index in [0.29, 0.717) is 16.3 Å². The molecule has 0 bridgehead atoms. The fraction of sp³-hybridized carbons (Fsp3) is 0.417. The van der Waals surface area contributed by atoms with Gasteiger partial charge in [0.25, 0.3) is 0 Å². The smallest absolute Gasteiger partial charge is 0.139 e. The standard InChI is InChI=1S/C12H13ClN2O/c13-11-2-1-3-12(10(11)8-14)16-9-4-6-15-7-5-9/h1-3,9,15H,4-7H2. The van der Waals surface area contributed by atoms with Crippen LogP contribution in [0.15, 0.2) is 18.2 Å². The van der Waals surface area contributed by atoms with E-state index in [2.05, 4.69) is 11.4 Å². The topological polar surface area (TPSA) is 45.0 Å². The molecule has 84 valence electrons. The van der Waals surface area contributed by atoms with E-state index in [9.17, 15) is 0 Å². The summed E-state index contributed by atoms with van der Waals surface area (Å²) in [6.07, 6.45) is 2.13. The molecule has 0 aromatic heterocycles. The molecule has 16 heavy (non-hydrogen) atoms. The lowest BCUT2D eigenvalue weighted by Crippen LogP contribution is -2.34. The number of benzene rings is 1. The van der Waals surface area contributed by atoms with Crippen molar-refractivity contribution in [3.63, 3.8) is 0 Å². The van der Waals surface area contributed by atoms with Crippen LogP contribution in [0.2, 0.25) is 5.02 Å². The molecule has 0 amide bonds. The van der Waals surface area contributed by atoms with Gasteiger partial charge in [0.05, 0.1) is 5.02 Å². The highest BCUT2D eigenvalue weighted by molar-refractivity contribution is 6.31. The Kier molecular flexibility index (Phi) is 3.66. The molecule has 2 rings (SSSR count). The van der Waals surface area contributed by atoms with Crippen molar-refractivity contribution in [3.8, 4) is 11.8 Å². The van der Waals surface area contributed by atoms with Crippen LogP contribution in [-0.4, -0.2) is 19.2 Å². The highest BCUT2D eigenvalue weighted by Gasteiger charge is 2.16. The number of nitriles is 1. The summed E-state index contributed by atoms with van der Waals surface area (Å²) in [7, 11) is 0. The molecule has 1 saturated heterocycles. The van der Waals surface area contributed by atoms with Crippen molar-refractivity contribution in [2.24, 2.45) is 0 Å². The van der Waals surface area contributed by atoms with Crippen LogP contribution in [-0.2, 0) is 0 Å². The predicted octanol–water partition coefficient (Wildman–Crippen LogP) is 2.34. The minimum Gasteiger partial charge on any atom is -0.489 e. The summed E-state index contributed by atoms with van der Waals surface area (Å²) in [5.41, 5.74) is 0.433. The zero-order chi connectivity index (χ0) is 11.4. The van der Waals surface area contributed by atoms with E-state index < -0.39 is 0 Å². The number of nitrogens with zero attached hydrogens (tertiary/aromatic N) is 1. The Labute approximate surface area is 100.0 Å². The molecule has 0 aliphatic carbocycles. The summed E-state index contributed by atoms with van der Waals surface area (Å²) in [5, 5.41) is 12.7. The highest BCUT2D eigenvalue weighted by atomic mass is 35.5. The van der Waals surface area contributed by atoms with Crippen LogP contribution in [0.1, 0.15) is 18.4 Å². The van der Waals surface area contributed by atoms with Crippen molar-refractivity contribution in [1.29, 1.82) is 5.26 Å². The number of hydrogen-bond donors (Lipinski definition) is 1. The third-order valence-electron chi connectivity index (χ3n) is 2.67. The summed E-state index contributed by atoms with van der Waals surface area (Å²) in [6, 6.07) is 7.39. The van der Waals surface area contributed by atoms with Gasteiger partial charge in [-0.2, -0.15) is 5.26 Å². The summed E-state index contributed by atoms with van der Waals surface area (Å²) < 4.78 is 5.81. The average Bonchev–Trinajstić information content (AvgIpc) is 2.31. The maximum absolute atomic E-state index is 9.00. The van der Waals surface area contributed by atoms with Gasteiger partial charge in [-0.3, -0.25) is 0 Å². The van der Waals surface area contributed by atoms with Gasteiger partial charge in [0.15, 0.2) is 0 Å². The van der Waals surface area contributed by atoms with Gasteiger partial charge < -0.3 is 10.1 Å². The van der Waals surface area contributed by atoms with Crippen LogP contribution in [0.4, 0.5) is 0 Å². The number of piperidine rings is 1. The molecule has 1 heterocycles. The van der Waals surface area contributed by atoms with E-state index in [1.165, 1.54) is 0 Å². The molecule has 1 N–H and O–H groups in total. The molecular formula is C12H13ClN2O. The van der Waals surface area contributed by atoms with Gasteiger partial charge in [0.1, 0.15) is 23.5 Å². The predicted molar refractivity (Wildman–Crippen MR) is 62.7 cm³/mol. The molecular weight excluding hydrogens is 224 g/mol. The maximum atomic E-state index is 9.00. The summed E-state index contributed by atoms with van der Waals surface area (Å²) in [5.74, 6) is 0.599. The number of hydrogen-bond acceptors (Lipinski definition) is 3. The molecule has 1 fully saturated rings. The van der Waals surface area contributed by atoms with Crippen molar-refractivity contribution in [2.75, 3.05) is 13.1 Å². The van der Waals surface area contributed by atoms with Gasteiger partial charge in [-0.05, 0) is 38.1 Å². The largest absolute Gasteiger partial charge is 0.489 e. The van der Waals surface area contributed by atoms with E-state index in [1.54, 1.807) is 18.2 Å². The minimum atomic E-state index is 0.187. The number of ether oxygens (including phenoxy) is 1. The molecule has 4 heteroatoms. The third-order valence-corrected chi connectivity index (χ3v) is 2.98. The Bertz CT molecular complexity index is 408. The van der Waals surface area contributed by atoms with Crippen molar-refractivity contribution in [3.05, 3.63) is 28.8 Å². The SMILES string of the molecule is N#Cc1c(Cl)cccc1OC1CCNCC1. The van der Waals surface area contributed by atoms with E-state index in [1.807, 2.05) is 0 Å². The Morgan fingerprint density at radius 1 is 1.38 bits per heavy atom. The summed E-state index contributed by atoms with van der Waals surface area (Å²) in [6.45, 7) is 1.93. The molecule has 1 aliphatic heterocycles. The van der Waals surface area contributed by atoms with Gasteiger partial charge in [-0.15, -0.1) is 0 Å². The lowest BCUT2D eigenvalue weighted by Gasteiger charge is -2.24. The monoisotopic (exact) mass is 236 g/mol. The molecule has 0 unspecified atom stereocenters. The average molecular weight is 237 g/mol. The Hall–Kier alpha value is -1.24. The molecule has 0 saturated carbocycles. The van der Waals surface area contributed by atoms with Crippen LogP contribution >= 0.6 is 11.6 Å². The number of halogens is 1. The molecule has 0 radical (unpaired) electrons. The fourth-order valence-corrected chi connectivity index (χ4v) is 2.01. The Morgan fingerprint density at radius 3 is 2.81 bits per heavy atom. The van der Waals surface area contributed by atoms with Gasteiger partial charge in [-0.1, -0.05) is 17.7 Å². The lowest BCUT2D eigenvalue weighted by atomic mass is 10.1. The fourth-order valence-electron chi connectivity index (χ4n) is 1.80. The van der Waals surface area contributed by atoms with Gasteiger partial charge >= 0.3 is 0 Å². The minimum absolute atomic E-state index is 0.187. The normalized spacial score (nSPS) is 16.8. The lowest BCUT2D eigenvalue weighted by molar-refractivity contribution is 0.162. The van der Waals surface area contributed by atoms with Gasteiger partial charge in [0.2, 0.25) is 0 Å². The molecule has 1 aromatic carbocycles. The van der Waals surface area contributed by atoms with Crippen molar-refractivity contribution in [1.82, 2.24) is 5.32 Å². The zero-order valence-corrected chi connectivity index (χ0v) is 9.63. The Morgan fingerprint density at radius 2 is 2.12 bits per heavy atom. The first-order chi connectivity index (χ1) is 7.81. The Balaban J connectivity index is 2.14. The number of rotatable bonds is 2. The summed E-state index contributed by atoms with van der Waals surface area (Å²) >= 11 is 5.93. The van der Waals surface area contributed by atoms with Crippen LogP contribution in [0.5, 0.6) is 5.75 Å². The third kappa shape index (κ3) is 2.46. The van der Waals surface area contributed by atoms with Crippen LogP contribution in [0.3, 0.4) is 0 Å². The molecule has 3 nitrogen and oxygen atoms in total. The van der Waals surface area contributed by atoms with Gasteiger partial charge in [0, 0.05) is 0 Å². The van der Waals surface area contributed by atoms with E-state index in [4.69, 9.17) is 21.6 Å². The first kappa shape index (κ1) is 11.3. The van der Waals surface area contributed by atoms with Crippen LogP contribution in [0, 0.1) is 11.3 Å². The zero-order valence-electron chi connectivity index (χ0n) is 8.87. The number of nitrogens with one attached hydrogen (secondary N) is 1. The highest BCUT2D eigenvalue weighted by Crippen LogP contribution is 2.27. The first-order valence-electron chi connectivity index (χ1n) is 5.37. The molecule has 0 atom stereocenters. The first-order valence-corrected chi connectivity index (χ1v) is 5.75. The quantitative estimate of drug-likeness (QED) is 0.857. The van der Waals surface area contributed by atoms with Crippen LogP contribution in [0.25, 0.3) is 0 Å². The maximum Gasteiger partial charge on any atom is 0.139 e. The van der Waals surface area contributed by atoms with E-state index in [-0.39, 0.29) is 6.10 Å². The second kappa shape index (κ2) is 5.20. The molecule has 1 aliphatic rings. The molecule has 1 aromatic rings. The second-order valence-electron chi connectivity index (χ2n) is 3.79. The second-order valence-corrected chi connectivity index (χ2v) is 4.20. The molecule has 0 spiro atoms. The van der Waals surface area contributed by atoms with E-state index >= 15 is 0 Å². The van der Waals surface area contributed by atoms with E-state index in [0.717, 1.165) is 25.9 Å². The van der Waals surface area contributed by atoms with Crippen molar-refractivity contribution < 1.29 is 4.74 Å². The van der Waals surface area contributed by atoms with Crippen LogP contribution < -0.4 is 10.1 Å². The van der Waals surface area contributed by atoms with Crippen molar-refractivity contribution >= 4 is 11.6 Å². The summed E-state index contributed by atoms with van der Waals surface area (Å²) in [4.78, 5) is 0.